The first-order valence-corrected chi connectivity index (χ1v) is 5.29. The van der Waals surface area contributed by atoms with Crippen molar-refractivity contribution in [3.05, 3.63) is 12.2 Å². The van der Waals surface area contributed by atoms with Gasteiger partial charge in [0.15, 0.2) is 0 Å². The van der Waals surface area contributed by atoms with Crippen LogP contribution in [0.25, 0.3) is 0 Å². The number of hydrogen-bond donors (Lipinski definition) is 4. The standard InChI is InChI=1S/C12H20N4/c13-7-1-3-9-15-11-5-6-12-16-10-4-2-8-14/h5-6,15-16H,7-14H2/b6-5+. The van der Waals surface area contributed by atoms with Crippen LogP contribution in [-0.4, -0.2) is 39.3 Å². The molecule has 0 bridgehead atoms. The number of nitrogens with one attached hydrogen (secondary N) is 2. The van der Waals surface area contributed by atoms with Crippen molar-refractivity contribution in [3.63, 3.8) is 0 Å². The molecule has 0 radical (unpaired) electrons. The van der Waals surface area contributed by atoms with Gasteiger partial charge in [0.05, 0.1) is 26.2 Å². The van der Waals surface area contributed by atoms with Crippen molar-refractivity contribution in [2.45, 2.75) is 0 Å². The van der Waals surface area contributed by atoms with Gasteiger partial charge in [-0.05, 0) is 0 Å². The summed E-state index contributed by atoms with van der Waals surface area (Å²) >= 11 is 0. The third-order valence-corrected chi connectivity index (χ3v) is 1.57. The first-order valence-electron chi connectivity index (χ1n) is 5.29. The summed E-state index contributed by atoms with van der Waals surface area (Å²) in [6, 6.07) is 0. The van der Waals surface area contributed by atoms with E-state index in [1.165, 1.54) is 0 Å². The van der Waals surface area contributed by atoms with Crippen LogP contribution in [0.5, 0.6) is 0 Å². The van der Waals surface area contributed by atoms with Gasteiger partial charge < -0.3 is 22.1 Å². The Morgan fingerprint density at radius 3 is 1.56 bits per heavy atom. The molecule has 6 N–H and O–H groups in total. The molecule has 0 unspecified atom stereocenters. The van der Waals surface area contributed by atoms with Crippen molar-refractivity contribution in [1.29, 1.82) is 0 Å². The van der Waals surface area contributed by atoms with Crippen LogP contribution in [0.1, 0.15) is 0 Å². The van der Waals surface area contributed by atoms with Crippen molar-refractivity contribution in [1.82, 2.24) is 10.6 Å². The SMILES string of the molecule is NCC#CCNC/C=C/CNCC#CCN. The van der Waals surface area contributed by atoms with E-state index in [-0.39, 0.29) is 0 Å². The maximum atomic E-state index is 5.22. The molecule has 0 amide bonds. The molecule has 16 heavy (non-hydrogen) atoms. The van der Waals surface area contributed by atoms with E-state index >= 15 is 0 Å². The Morgan fingerprint density at radius 1 is 0.750 bits per heavy atom. The third kappa shape index (κ3) is 12.7. The Labute approximate surface area is 97.8 Å². The van der Waals surface area contributed by atoms with Gasteiger partial charge in [-0.25, -0.2) is 0 Å². The highest BCUT2D eigenvalue weighted by atomic mass is 14.8. The normalized spacial score (nSPS) is 9.38. The Hall–Kier alpha value is -1.30. The molecule has 0 aromatic rings. The van der Waals surface area contributed by atoms with Crippen LogP contribution in [0.3, 0.4) is 0 Å². The summed E-state index contributed by atoms with van der Waals surface area (Å²) < 4.78 is 0. The van der Waals surface area contributed by atoms with Crippen LogP contribution in [0.4, 0.5) is 0 Å². The molecule has 4 heteroatoms. The fourth-order valence-electron chi connectivity index (χ4n) is 0.872. The third-order valence-electron chi connectivity index (χ3n) is 1.57. The van der Waals surface area contributed by atoms with Gasteiger partial charge in [-0.2, -0.15) is 0 Å². The van der Waals surface area contributed by atoms with Crippen molar-refractivity contribution < 1.29 is 0 Å². The average molecular weight is 220 g/mol. The fourth-order valence-corrected chi connectivity index (χ4v) is 0.872. The fraction of sp³-hybridized carbons (Fsp3) is 0.500. The summed E-state index contributed by atoms with van der Waals surface area (Å²) in [5.74, 6) is 11.4. The van der Waals surface area contributed by atoms with Crippen LogP contribution in [0, 0.1) is 23.7 Å². The first-order chi connectivity index (χ1) is 7.91. The van der Waals surface area contributed by atoms with E-state index in [1.807, 2.05) is 12.2 Å². The molecule has 0 atom stereocenters. The molecule has 0 saturated heterocycles. The van der Waals surface area contributed by atoms with Gasteiger partial charge in [-0.3, -0.25) is 0 Å². The summed E-state index contributed by atoms with van der Waals surface area (Å²) in [6.45, 7) is 3.83. The minimum atomic E-state index is 0.422. The van der Waals surface area contributed by atoms with Crippen LogP contribution >= 0.6 is 0 Å². The van der Waals surface area contributed by atoms with Crippen molar-refractivity contribution in [3.8, 4) is 23.7 Å². The maximum absolute atomic E-state index is 5.22. The van der Waals surface area contributed by atoms with Crippen LogP contribution in [0.2, 0.25) is 0 Å². The van der Waals surface area contributed by atoms with Gasteiger partial charge >= 0.3 is 0 Å². The molecular formula is C12H20N4. The Morgan fingerprint density at radius 2 is 1.19 bits per heavy atom. The van der Waals surface area contributed by atoms with Gasteiger partial charge in [-0.1, -0.05) is 35.8 Å². The molecule has 0 aliphatic rings. The predicted octanol–water partition coefficient (Wildman–Crippen LogP) is -1.35. The minimum absolute atomic E-state index is 0.422. The summed E-state index contributed by atoms with van der Waals surface area (Å²) in [6.07, 6.45) is 4.10. The van der Waals surface area contributed by atoms with E-state index in [1.54, 1.807) is 0 Å². The van der Waals surface area contributed by atoms with E-state index in [0.29, 0.717) is 26.2 Å². The number of hydrogen-bond acceptors (Lipinski definition) is 4. The van der Waals surface area contributed by atoms with E-state index < -0.39 is 0 Å². The first kappa shape index (κ1) is 14.7. The molecule has 88 valence electrons. The monoisotopic (exact) mass is 220 g/mol. The minimum Gasteiger partial charge on any atom is -0.320 e. The van der Waals surface area contributed by atoms with Gasteiger partial charge in [-0.15, -0.1) is 0 Å². The second-order valence-electron chi connectivity index (χ2n) is 2.85. The lowest BCUT2D eigenvalue weighted by Crippen LogP contribution is -2.16. The second-order valence-corrected chi connectivity index (χ2v) is 2.85. The molecule has 0 aliphatic carbocycles. The lowest BCUT2D eigenvalue weighted by atomic mass is 10.4. The lowest BCUT2D eigenvalue weighted by Gasteiger charge is -1.94. The van der Waals surface area contributed by atoms with Gasteiger partial charge in [0.2, 0.25) is 0 Å². The molecular weight excluding hydrogens is 200 g/mol. The van der Waals surface area contributed by atoms with E-state index in [0.717, 1.165) is 13.1 Å². The second kappa shape index (κ2) is 13.7. The summed E-state index contributed by atoms with van der Waals surface area (Å²) in [5.41, 5.74) is 10.4. The molecule has 0 rings (SSSR count). The van der Waals surface area contributed by atoms with Crippen molar-refractivity contribution in [2.75, 3.05) is 39.3 Å². The largest absolute Gasteiger partial charge is 0.320 e. The Balaban J connectivity index is 3.22. The summed E-state index contributed by atoms with van der Waals surface area (Å²) in [4.78, 5) is 0. The molecule has 0 aromatic carbocycles. The highest BCUT2D eigenvalue weighted by molar-refractivity contribution is 5.03. The molecule has 0 heterocycles. The molecule has 0 aromatic heterocycles. The van der Waals surface area contributed by atoms with Crippen LogP contribution < -0.4 is 22.1 Å². The zero-order valence-electron chi connectivity index (χ0n) is 9.55. The van der Waals surface area contributed by atoms with Gasteiger partial charge in [0, 0.05) is 13.1 Å². The molecule has 0 fully saturated rings. The maximum Gasteiger partial charge on any atom is 0.0579 e. The number of rotatable bonds is 6. The predicted molar refractivity (Wildman–Crippen MR) is 68.5 cm³/mol. The smallest absolute Gasteiger partial charge is 0.0579 e. The highest BCUT2D eigenvalue weighted by Gasteiger charge is 1.78. The molecule has 4 nitrogen and oxygen atoms in total. The molecule has 0 spiro atoms. The Kier molecular flexibility index (Phi) is 12.6. The zero-order chi connectivity index (χ0) is 11.9. The van der Waals surface area contributed by atoms with Gasteiger partial charge in [0.1, 0.15) is 0 Å². The quantitative estimate of drug-likeness (QED) is 0.253. The summed E-state index contributed by atoms with van der Waals surface area (Å²) in [7, 11) is 0. The van der Waals surface area contributed by atoms with E-state index in [4.69, 9.17) is 11.5 Å². The van der Waals surface area contributed by atoms with Crippen molar-refractivity contribution >= 4 is 0 Å². The van der Waals surface area contributed by atoms with Crippen LogP contribution in [-0.2, 0) is 0 Å². The molecule has 0 saturated carbocycles. The van der Waals surface area contributed by atoms with E-state index in [9.17, 15) is 0 Å². The Bertz CT molecular complexity index is 258. The van der Waals surface area contributed by atoms with Crippen molar-refractivity contribution in [2.24, 2.45) is 11.5 Å². The number of nitrogens with two attached hydrogens (primary N) is 2. The van der Waals surface area contributed by atoms with E-state index in [2.05, 4.69) is 34.3 Å². The summed E-state index contributed by atoms with van der Waals surface area (Å²) in [5, 5.41) is 6.29. The lowest BCUT2D eigenvalue weighted by molar-refractivity contribution is 0.833. The van der Waals surface area contributed by atoms with Crippen LogP contribution in [0.15, 0.2) is 12.2 Å². The highest BCUT2D eigenvalue weighted by Crippen LogP contribution is 1.69. The zero-order valence-corrected chi connectivity index (χ0v) is 9.55. The molecule has 0 aliphatic heterocycles. The average Bonchev–Trinajstić information content (AvgIpc) is 2.31. The topological polar surface area (TPSA) is 76.1 Å². The van der Waals surface area contributed by atoms with Gasteiger partial charge in [0.25, 0.3) is 0 Å².